The van der Waals surface area contributed by atoms with Crippen LogP contribution in [0.4, 0.5) is 10.1 Å². The molecule has 2 aromatic carbocycles. The summed E-state index contributed by atoms with van der Waals surface area (Å²) < 4.78 is 24.1. The van der Waals surface area contributed by atoms with Crippen LogP contribution in [0.15, 0.2) is 36.4 Å². The maximum absolute atomic E-state index is 13.5. The lowest BCUT2D eigenvalue weighted by Crippen LogP contribution is -2.27. The van der Waals surface area contributed by atoms with Gasteiger partial charge in [0.1, 0.15) is 5.82 Å². The number of halogens is 1. The molecule has 0 bridgehead atoms. The molecule has 0 amide bonds. The first-order chi connectivity index (χ1) is 11.8. The van der Waals surface area contributed by atoms with Crippen LogP contribution in [0.3, 0.4) is 0 Å². The molecule has 0 fully saturated rings. The summed E-state index contributed by atoms with van der Waals surface area (Å²) in [6.07, 6.45) is 0. The second-order valence-corrected chi connectivity index (χ2v) is 6.31. The van der Waals surface area contributed by atoms with Gasteiger partial charge < -0.3 is 19.9 Å². The van der Waals surface area contributed by atoms with Crippen LogP contribution in [0.2, 0.25) is 0 Å². The van der Waals surface area contributed by atoms with Crippen LogP contribution < -0.4 is 14.8 Å². The number of carbonyl (C=O) groups is 1. The number of methoxy groups -OCH3 is 2. The fourth-order valence-electron chi connectivity index (χ4n) is 2.48. The van der Waals surface area contributed by atoms with Crippen molar-refractivity contribution in [2.75, 3.05) is 26.1 Å². The normalized spacial score (nSPS) is 11.1. The number of carboxylic acid groups (broad SMARTS) is 1. The summed E-state index contributed by atoms with van der Waals surface area (Å²) >= 11 is 0. The van der Waals surface area contributed by atoms with Crippen LogP contribution in [0.5, 0.6) is 11.5 Å². The van der Waals surface area contributed by atoms with E-state index in [1.165, 1.54) is 12.1 Å². The van der Waals surface area contributed by atoms with Crippen molar-refractivity contribution in [1.29, 1.82) is 0 Å². The number of hydrogen-bond donors (Lipinski definition) is 2. The van der Waals surface area contributed by atoms with Gasteiger partial charge in [0.25, 0.3) is 0 Å². The summed E-state index contributed by atoms with van der Waals surface area (Å²) in [6, 6.07) is 9.67. The summed E-state index contributed by atoms with van der Waals surface area (Å²) in [4.78, 5) is 11.0. The fraction of sp³-hybridized carbons (Fsp3) is 0.316. The molecule has 0 atom stereocenters. The number of carboxylic acids is 1. The lowest BCUT2D eigenvalue weighted by Gasteiger charge is -2.27. The van der Waals surface area contributed by atoms with Crippen LogP contribution in [-0.4, -0.2) is 31.8 Å². The molecular formula is C19H22FNO4. The summed E-state index contributed by atoms with van der Waals surface area (Å²) in [5.41, 5.74) is 0.941. The number of ether oxygens (including phenoxy) is 2. The van der Waals surface area contributed by atoms with Gasteiger partial charge in [-0.3, -0.25) is 0 Å². The predicted octanol–water partition coefficient (Wildman–Crippen LogP) is 3.93. The molecular weight excluding hydrogens is 325 g/mol. The minimum atomic E-state index is -1.29. The lowest BCUT2D eigenvalue weighted by molar-refractivity contribution is 0.0692. The Hall–Kier alpha value is -2.76. The number of rotatable bonds is 7. The Labute approximate surface area is 146 Å². The van der Waals surface area contributed by atoms with Crippen molar-refractivity contribution in [3.05, 3.63) is 53.3 Å². The van der Waals surface area contributed by atoms with Crippen molar-refractivity contribution in [3.8, 4) is 11.5 Å². The monoisotopic (exact) mass is 347 g/mol. The van der Waals surface area contributed by atoms with Crippen molar-refractivity contribution in [3.63, 3.8) is 0 Å². The Kier molecular flexibility index (Phi) is 5.51. The lowest BCUT2D eigenvalue weighted by atomic mass is 9.84. The molecule has 0 aliphatic carbocycles. The SMILES string of the molecule is COc1ccc(C(C)(C)CNc2ccc(F)c(C(=O)O)c2)cc1OC. The average Bonchev–Trinajstić information content (AvgIpc) is 2.60. The van der Waals surface area contributed by atoms with Gasteiger partial charge in [0.2, 0.25) is 0 Å². The molecule has 0 heterocycles. The number of nitrogens with one attached hydrogen (secondary N) is 1. The molecule has 0 saturated carbocycles. The Morgan fingerprint density at radius 3 is 2.40 bits per heavy atom. The van der Waals surface area contributed by atoms with Crippen LogP contribution in [0.25, 0.3) is 0 Å². The van der Waals surface area contributed by atoms with Crippen LogP contribution in [0.1, 0.15) is 29.8 Å². The minimum Gasteiger partial charge on any atom is -0.493 e. The maximum atomic E-state index is 13.5. The van der Waals surface area contributed by atoms with E-state index >= 15 is 0 Å². The second-order valence-electron chi connectivity index (χ2n) is 6.31. The highest BCUT2D eigenvalue weighted by atomic mass is 19.1. The van der Waals surface area contributed by atoms with Crippen LogP contribution in [0, 0.1) is 5.82 Å². The zero-order chi connectivity index (χ0) is 18.6. The van der Waals surface area contributed by atoms with Gasteiger partial charge in [-0.15, -0.1) is 0 Å². The van der Waals surface area contributed by atoms with Gasteiger partial charge >= 0.3 is 5.97 Å². The third kappa shape index (κ3) is 4.21. The van der Waals surface area contributed by atoms with Crippen molar-refractivity contribution in [2.24, 2.45) is 0 Å². The molecule has 0 radical (unpaired) electrons. The molecule has 0 spiro atoms. The van der Waals surface area contributed by atoms with Gasteiger partial charge in [0, 0.05) is 17.6 Å². The van der Waals surface area contributed by atoms with Gasteiger partial charge in [0.15, 0.2) is 11.5 Å². The van der Waals surface area contributed by atoms with Crippen molar-refractivity contribution < 1.29 is 23.8 Å². The quantitative estimate of drug-likeness (QED) is 0.794. The van der Waals surface area contributed by atoms with Gasteiger partial charge in [-0.1, -0.05) is 19.9 Å². The van der Waals surface area contributed by atoms with Crippen LogP contribution in [-0.2, 0) is 5.41 Å². The first-order valence-corrected chi connectivity index (χ1v) is 7.77. The van der Waals surface area contributed by atoms with E-state index in [0.29, 0.717) is 23.7 Å². The van der Waals surface area contributed by atoms with E-state index in [0.717, 1.165) is 11.6 Å². The van der Waals surface area contributed by atoms with E-state index in [1.807, 2.05) is 32.0 Å². The van der Waals surface area contributed by atoms with E-state index in [2.05, 4.69) is 5.32 Å². The highest BCUT2D eigenvalue weighted by Crippen LogP contribution is 2.33. The molecule has 25 heavy (non-hydrogen) atoms. The van der Waals surface area contributed by atoms with Gasteiger partial charge in [0.05, 0.1) is 19.8 Å². The van der Waals surface area contributed by atoms with Crippen LogP contribution >= 0.6 is 0 Å². The van der Waals surface area contributed by atoms with Crippen molar-refractivity contribution in [2.45, 2.75) is 19.3 Å². The minimum absolute atomic E-state index is 0.280. The third-order valence-corrected chi connectivity index (χ3v) is 4.10. The molecule has 2 N–H and O–H groups in total. The molecule has 5 nitrogen and oxygen atoms in total. The molecule has 0 aromatic heterocycles. The van der Waals surface area contributed by atoms with Crippen molar-refractivity contribution in [1.82, 2.24) is 0 Å². The molecule has 2 aromatic rings. The summed E-state index contributed by atoms with van der Waals surface area (Å²) in [6.45, 7) is 4.61. The smallest absolute Gasteiger partial charge is 0.338 e. The van der Waals surface area contributed by atoms with E-state index in [4.69, 9.17) is 14.6 Å². The first-order valence-electron chi connectivity index (χ1n) is 7.77. The Morgan fingerprint density at radius 2 is 1.80 bits per heavy atom. The summed E-state index contributed by atoms with van der Waals surface area (Å²) in [5, 5.41) is 12.2. The number of benzene rings is 2. The molecule has 0 unspecified atom stereocenters. The van der Waals surface area contributed by atoms with E-state index in [-0.39, 0.29) is 11.0 Å². The van der Waals surface area contributed by atoms with E-state index in [9.17, 15) is 9.18 Å². The summed E-state index contributed by atoms with van der Waals surface area (Å²) in [7, 11) is 3.16. The Morgan fingerprint density at radius 1 is 1.12 bits per heavy atom. The summed E-state index contributed by atoms with van der Waals surface area (Å²) in [5.74, 6) is -0.750. The molecule has 6 heteroatoms. The van der Waals surface area contributed by atoms with Gasteiger partial charge in [-0.05, 0) is 35.9 Å². The number of aromatic carboxylic acids is 1. The zero-order valence-electron chi connectivity index (χ0n) is 14.7. The third-order valence-electron chi connectivity index (χ3n) is 4.10. The second kappa shape index (κ2) is 7.42. The van der Waals surface area contributed by atoms with Gasteiger partial charge in [-0.25, -0.2) is 9.18 Å². The standard InChI is InChI=1S/C19H22FNO4/c1-19(2,12-5-8-16(24-3)17(9-12)25-4)11-21-13-6-7-15(20)14(10-13)18(22)23/h5-10,21H,11H2,1-4H3,(H,22,23). The predicted molar refractivity (Wildman–Crippen MR) is 94.4 cm³/mol. The Bertz CT molecular complexity index is 774. The van der Waals surface area contributed by atoms with E-state index < -0.39 is 11.8 Å². The van der Waals surface area contributed by atoms with E-state index in [1.54, 1.807) is 14.2 Å². The molecule has 0 aliphatic rings. The number of hydrogen-bond acceptors (Lipinski definition) is 4. The maximum Gasteiger partial charge on any atom is 0.338 e. The highest BCUT2D eigenvalue weighted by molar-refractivity contribution is 5.89. The number of anilines is 1. The zero-order valence-corrected chi connectivity index (χ0v) is 14.7. The largest absolute Gasteiger partial charge is 0.493 e. The molecule has 0 saturated heterocycles. The van der Waals surface area contributed by atoms with Crippen molar-refractivity contribution >= 4 is 11.7 Å². The Balaban J connectivity index is 2.19. The fourth-order valence-corrected chi connectivity index (χ4v) is 2.48. The topological polar surface area (TPSA) is 67.8 Å². The average molecular weight is 347 g/mol. The molecule has 134 valence electrons. The van der Waals surface area contributed by atoms with Gasteiger partial charge in [-0.2, -0.15) is 0 Å². The first kappa shape index (κ1) is 18.6. The molecule has 0 aliphatic heterocycles. The highest BCUT2D eigenvalue weighted by Gasteiger charge is 2.22. The molecule has 2 rings (SSSR count).